The number of alkyl halides is 2. The Balaban J connectivity index is 1.78. The second kappa shape index (κ2) is 8.53. The second-order valence-electron chi connectivity index (χ2n) is 5.91. The van der Waals surface area contributed by atoms with Gasteiger partial charge in [0.1, 0.15) is 5.82 Å². The molecule has 29 heavy (non-hydrogen) atoms. The Hall–Kier alpha value is -3.06. The van der Waals surface area contributed by atoms with E-state index in [1.165, 1.54) is 36.7 Å². The van der Waals surface area contributed by atoms with Crippen LogP contribution in [0.2, 0.25) is 0 Å². The number of anilines is 1. The highest BCUT2D eigenvalue weighted by atomic mass is 32.2. The van der Waals surface area contributed by atoms with E-state index in [0.717, 1.165) is 6.26 Å². The molecule has 0 saturated heterocycles. The minimum atomic E-state index is -3.47. The highest BCUT2D eigenvalue weighted by Gasteiger charge is 2.18. The van der Waals surface area contributed by atoms with E-state index in [9.17, 15) is 21.6 Å². The van der Waals surface area contributed by atoms with Crippen molar-refractivity contribution in [1.82, 2.24) is 24.9 Å². The minimum absolute atomic E-state index is 0.0447. The van der Waals surface area contributed by atoms with Crippen LogP contribution in [0.4, 0.5) is 19.1 Å². The average Bonchev–Trinajstić information content (AvgIpc) is 3.16. The molecule has 0 aliphatic rings. The second-order valence-corrected chi connectivity index (χ2v) is 7.74. The number of rotatable bonds is 8. The number of hydrogen-bond acceptors (Lipinski definition) is 8. The Bertz CT molecular complexity index is 1060. The molecular formula is C16H15F3N6O3S. The van der Waals surface area contributed by atoms with Gasteiger partial charge in [-0.3, -0.25) is 0 Å². The van der Waals surface area contributed by atoms with E-state index in [-0.39, 0.29) is 23.9 Å². The van der Waals surface area contributed by atoms with Gasteiger partial charge in [0.2, 0.25) is 16.0 Å². The fourth-order valence-electron chi connectivity index (χ4n) is 2.29. The lowest BCUT2D eigenvalue weighted by atomic mass is 10.1. The molecule has 1 atom stereocenters. The first-order chi connectivity index (χ1) is 13.7. The molecule has 0 fully saturated rings. The van der Waals surface area contributed by atoms with Crippen molar-refractivity contribution in [3.05, 3.63) is 53.9 Å². The molecule has 0 spiro atoms. The first-order valence-electron chi connectivity index (χ1n) is 8.12. The van der Waals surface area contributed by atoms with Gasteiger partial charge in [0.25, 0.3) is 11.8 Å². The Morgan fingerprint density at radius 1 is 1.10 bits per heavy atom. The van der Waals surface area contributed by atoms with Crippen LogP contribution in [0.15, 0.2) is 41.1 Å². The van der Waals surface area contributed by atoms with Crippen molar-refractivity contribution in [1.29, 1.82) is 0 Å². The monoisotopic (exact) mass is 428 g/mol. The number of hydrogen-bond donors (Lipinski definition) is 2. The summed E-state index contributed by atoms with van der Waals surface area (Å²) in [5, 5.41) is 9.66. The van der Waals surface area contributed by atoms with Crippen LogP contribution in [0.3, 0.4) is 0 Å². The Morgan fingerprint density at radius 2 is 1.76 bits per heavy atom. The summed E-state index contributed by atoms with van der Waals surface area (Å²) in [6, 6.07) is 4.87. The van der Waals surface area contributed by atoms with Crippen molar-refractivity contribution in [2.24, 2.45) is 0 Å². The molecule has 0 radical (unpaired) electrons. The van der Waals surface area contributed by atoms with Crippen LogP contribution in [0.5, 0.6) is 0 Å². The molecule has 0 amide bonds. The summed E-state index contributed by atoms with van der Waals surface area (Å²) in [6.07, 6.45) is 0.683. The van der Waals surface area contributed by atoms with Crippen LogP contribution in [-0.2, 0) is 10.0 Å². The zero-order valence-corrected chi connectivity index (χ0v) is 15.7. The molecule has 0 aliphatic carbocycles. The predicted molar refractivity (Wildman–Crippen MR) is 95.9 cm³/mol. The lowest BCUT2D eigenvalue weighted by Gasteiger charge is -2.19. The van der Waals surface area contributed by atoms with Crippen LogP contribution in [0, 0.1) is 5.82 Å². The molecule has 1 aromatic carbocycles. The standard InChI is InChI=1S/C16H15F3N6O3S/c1-29(26,27)22-8-12(9-2-4-11(17)5-3-9)23-16-20-6-10(7-21-16)14-24-25-15(28-14)13(18)19/h2-7,12-13,22H,8H2,1H3,(H,20,21,23). The van der Waals surface area contributed by atoms with Gasteiger partial charge in [-0.2, -0.15) is 8.78 Å². The van der Waals surface area contributed by atoms with Crippen molar-refractivity contribution in [2.45, 2.75) is 12.5 Å². The summed E-state index contributed by atoms with van der Waals surface area (Å²) in [5.41, 5.74) is 0.816. The van der Waals surface area contributed by atoms with Crippen molar-refractivity contribution in [3.63, 3.8) is 0 Å². The largest absolute Gasteiger partial charge is 0.415 e. The van der Waals surface area contributed by atoms with Crippen molar-refractivity contribution in [3.8, 4) is 11.5 Å². The molecule has 2 heterocycles. The molecule has 9 nitrogen and oxygen atoms in total. The summed E-state index contributed by atoms with van der Waals surface area (Å²) in [5.74, 6) is -1.30. The van der Waals surface area contributed by atoms with Gasteiger partial charge in [0.15, 0.2) is 0 Å². The summed E-state index contributed by atoms with van der Waals surface area (Å²) in [7, 11) is -3.47. The smallest absolute Gasteiger partial charge is 0.314 e. The fourth-order valence-corrected chi connectivity index (χ4v) is 2.76. The van der Waals surface area contributed by atoms with E-state index < -0.39 is 34.2 Å². The third-order valence-electron chi connectivity index (χ3n) is 3.65. The summed E-state index contributed by atoms with van der Waals surface area (Å²) in [6.45, 7) is -0.0447. The Morgan fingerprint density at radius 3 is 2.31 bits per heavy atom. The molecule has 0 aliphatic heterocycles. The fraction of sp³-hybridized carbons (Fsp3) is 0.250. The molecule has 2 N–H and O–H groups in total. The number of nitrogens with zero attached hydrogens (tertiary/aromatic N) is 4. The lowest BCUT2D eigenvalue weighted by molar-refractivity contribution is 0.116. The number of benzene rings is 1. The molecule has 3 rings (SSSR count). The zero-order chi connectivity index (χ0) is 21.0. The maximum atomic E-state index is 13.2. The van der Waals surface area contributed by atoms with E-state index in [2.05, 4.69) is 30.2 Å². The number of halogens is 3. The van der Waals surface area contributed by atoms with Gasteiger partial charge in [0, 0.05) is 18.9 Å². The van der Waals surface area contributed by atoms with Gasteiger partial charge in [-0.05, 0) is 17.7 Å². The molecule has 3 aromatic rings. The van der Waals surface area contributed by atoms with E-state index >= 15 is 0 Å². The number of sulfonamides is 1. The predicted octanol–water partition coefficient (Wildman–Crippen LogP) is 2.31. The highest BCUT2D eigenvalue weighted by Crippen LogP contribution is 2.23. The van der Waals surface area contributed by atoms with Crippen LogP contribution < -0.4 is 10.0 Å². The molecule has 2 aromatic heterocycles. The zero-order valence-electron chi connectivity index (χ0n) is 14.9. The summed E-state index contributed by atoms with van der Waals surface area (Å²) >= 11 is 0. The topological polar surface area (TPSA) is 123 Å². The van der Waals surface area contributed by atoms with Gasteiger partial charge < -0.3 is 9.73 Å². The molecular weight excluding hydrogens is 413 g/mol. The van der Waals surface area contributed by atoms with Crippen LogP contribution in [-0.4, -0.2) is 41.4 Å². The maximum Gasteiger partial charge on any atom is 0.314 e. The van der Waals surface area contributed by atoms with Gasteiger partial charge in [0.05, 0.1) is 17.9 Å². The first-order valence-corrected chi connectivity index (χ1v) is 10.0. The Labute approximate surface area is 163 Å². The molecule has 0 bridgehead atoms. The Kier molecular flexibility index (Phi) is 6.08. The SMILES string of the molecule is CS(=O)(=O)NCC(Nc1ncc(-c2nnc(C(F)F)o2)cn1)c1ccc(F)cc1. The highest BCUT2D eigenvalue weighted by molar-refractivity contribution is 7.88. The van der Waals surface area contributed by atoms with Crippen molar-refractivity contribution in [2.75, 3.05) is 18.1 Å². The first kappa shape index (κ1) is 20.7. The van der Waals surface area contributed by atoms with Gasteiger partial charge in [-0.25, -0.2) is 27.5 Å². The van der Waals surface area contributed by atoms with E-state index in [1.807, 2.05) is 0 Å². The van der Waals surface area contributed by atoms with Crippen LogP contribution in [0.25, 0.3) is 11.5 Å². The number of aromatic nitrogens is 4. The van der Waals surface area contributed by atoms with Crippen LogP contribution >= 0.6 is 0 Å². The average molecular weight is 428 g/mol. The van der Waals surface area contributed by atoms with E-state index in [4.69, 9.17) is 4.42 Å². The van der Waals surface area contributed by atoms with E-state index in [0.29, 0.717) is 5.56 Å². The van der Waals surface area contributed by atoms with E-state index in [1.54, 1.807) is 0 Å². The van der Waals surface area contributed by atoms with Crippen LogP contribution in [0.1, 0.15) is 23.9 Å². The third kappa shape index (κ3) is 5.71. The summed E-state index contributed by atoms with van der Waals surface area (Å²) in [4.78, 5) is 8.10. The van der Waals surface area contributed by atoms with Gasteiger partial charge in [-0.15, -0.1) is 10.2 Å². The maximum absolute atomic E-state index is 13.2. The molecule has 1 unspecified atom stereocenters. The summed E-state index contributed by atoms with van der Waals surface area (Å²) < 4.78 is 68.3. The normalized spacial score (nSPS) is 12.9. The number of nitrogens with one attached hydrogen (secondary N) is 2. The third-order valence-corrected chi connectivity index (χ3v) is 4.34. The lowest BCUT2D eigenvalue weighted by Crippen LogP contribution is -2.31. The minimum Gasteiger partial charge on any atom is -0.415 e. The molecule has 13 heteroatoms. The molecule has 154 valence electrons. The van der Waals surface area contributed by atoms with Gasteiger partial charge >= 0.3 is 6.43 Å². The quantitative estimate of drug-likeness (QED) is 0.560. The molecule has 0 saturated carbocycles. The van der Waals surface area contributed by atoms with Gasteiger partial charge in [-0.1, -0.05) is 12.1 Å². The van der Waals surface area contributed by atoms with Crippen molar-refractivity contribution >= 4 is 16.0 Å². The van der Waals surface area contributed by atoms with Crippen molar-refractivity contribution < 1.29 is 26.0 Å².